The van der Waals surface area contributed by atoms with Crippen molar-refractivity contribution in [2.75, 3.05) is 0 Å². The van der Waals surface area contributed by atoms with E-state index in [1.165, 1.54) is 6.07 Å². The number of fused-ring (bicyclic) bond motifs is 1. The van der Waals surface area contributed by atoms with Crippen LogP contribution in [0.5, 0.6) is 5.75 Å². The Bertz CT molecular complexity index is 796. The number of rotatable bonds is 2. The van der Waals surface area contributed by atoms with Gasteiger partial charge in [0.25, 0.3) is 0 Å². The molecule has 5 heteroatoms. The smallest absolute Gasteiger partial charge is 0.135 e. The highest BCUT2D eigenvalue weighted by Crippen LogP contribution is 2.31. The molecular formula is C15H12Cl2N2O. The fraction of sp³-hybridized carbons (Fsp3) is 0.133. The Morgan fingerprint density at radius 2 is 1.90 bits per heavy atom. The van der Waals surface area contributed by atoms with Gasteiger partial charge in [0.1, 0.15) is 11.6 Å². The number of imidazole rings is 1. The molecule has 0 atom stereocenters. The second-order valence-electron chi connectivity index (χ2n) is 4.65. The molecule has 0 radical (unpaired) electrons. The fourth-order valence-electron chi connectivity index (χ4n) is 2.24. The Morgan fingerprint density at radius 1 is 1.15 bits per heavy atom. The lowest BCUT2D eigenvalue weighted by molar-refractivity contribution is 0.475. The molecule has 3 rings (SSSR count). The van der Waals surface area contributed by atoms with Gasteiger partial charge in [-0.05, 0) is 23.8 Å². The predicted molar refractivity (Wildman–Crippen MR) is 81.6 cm³/mol. The third kappa shape index (κ3) is 2.23. The van der Waals surface area contributed by atoms with Gasteiger partial charge in [0.2, 0.25) is 0 Å². The van der Waals surface area contributed by atoms with Crippen molar-refractivity contribution in [3.63, 3.8) is 0 Å². The first-order valence-corrected chi connectivity index (χ1v) is 6.89. The van der Waals surface area contributed by atoms with Crippen molar-refractivity contribution in [2.45, 2.75) is 6.42 Å². The van der Waals surface area contributed by atoms with Crippen LogP contribution in [-0.4, -0.2) is 14.7 Å². The molecule has 0 spiro atoms. The van der Waals surface area contributed by atoms with Crippen LogP contribution in [0.1, 0.15) is 11.4 Å². The highest BCUT2D eigenvalue weighted by molar-refractivity contribution is 6.34. The lowest BCUT2D eigenvalue weighted by Crippen LogP contribution is -1.99. The minimum atomic E-state index is -0.00887. The third-order valence-electron chi connectivity index (χ3n) is 3.34. The molecule has 3 nitrogen and oxygen atoms in total. The first-order chi connectivity index (χ1) is 9.56. The number of halogens is 2. The second-order valence-corrected chi connectivity index (χ2v) is 5.46. The van der Waals surface area contributed by atoms with Gasteiger partial charge in [-0.15, -0.1) is 0 Å². The van der Waals surface area contributed by atoms with Gasteiger partial charge >= 0.3 is 0 Å². The molecule has 1 N–H and O–H groups in total. The Balaban J connectivity index is 2.05. The van der Waals surface area contributed by atoms with Crippen LogP contribution in [0.25, 0.3) is 11.0 Å². The van der Waals surface area contributed by atoms with Crippen molar-refractivity contribution >= 4 is 34.2 Å². The number of hydrogen-bond donors (Lipinski definition) is 1. The summed E-state index contributed by atoms with van der Waals surface area (Å²) in [6.07, 6.45) is 0.560. The van der Waals surface area contributed by atoms with Gasteiger partial charge in [0, 0.05) is 24.6 Å². The Hall–Kier alpha value is -1.71. The fourth-order valence-corrected chi connectivity index (χ4v) is 2.65. The standard InChI is InChI=1S/C15H12Cl2N2O/c1-19-13-5-3-2-4-12(13)18-15(19)7-9-6-11(17)14(20)8-10(9)16/h2-6,8,20H,7H2,1H3. The normalized spacial score (nSPS) is 11.2. The van der Waals surface area contributed by atoms with Crippen LogP contribution < -0.4 is 0 Å². The highest BCUT2D eigenvalue weighted by atomic mass is 35.5. The van der Waals surface area contributed by atoms with Gasteiger partial charge in [0.15, 0.2) is 0 Å². The molecule has 0 fully saturated rings. The van der Waals surface area contributed by atoms with Crippen LogP contribution in [-0.2, 0) is 13.5 Å². The molecule has 102 valence electrons. The number of para-hydroxylation sites is 2. The summed E-state index contributed by atoms with van der Waals surface area (Å²) in [5.41, 5.74) is 2.86. The highest BCUT2D eigenvalue weighted by Gasteiger charge is 2.12. The van der Waals surface area contributed by atoms with E-state index >= 15 is 0 Å². The Kier molecular flexibility index (Phi) is 3.32. The molecule has 2 aromatic carbocycles. The monoisotopic (exact) mass is 306 g/mol. The summed E-state index contributed by atoms with van der Waals surface area (Å²) >= 11 is 12.1. The lowest BCUT2D eigenvalue weighted by atomic mass is 10.1. The van der Waals surface area contributed by atoms with E-state index in [0.29, 0.717) is 16.5 Å². The topological polar surface area (TPSA) is 38.0 Å². The Labute approximate surface area is 126 Å². The number of benzene rings is 2. The summed E-state index contributed by atoms with van der Waals surface area (Å²) in [4.78, 5) is 4.60. The third-order valence-corrected chi connectivity index (χ3v) is 4.00. The number of hydrogen-bond acceptors (Lipinski definition) is 2. The van der Waals surface area contributed by atoms with E-state index < -0.39 is 0 Å². The molecular weight excluding hydrogens is 295 g/mol. The van der Waals surface area contributed by atoms with E-state index in [-0.39, 0.29) is 5.75 Å². The number of aromatic nitrogens is 2. The average Bonchev–Trinajstić information content (AvgIpc) is 2.73. The van der Waals surface area contributed by atoms with Crippen LogP contribution >= 0.6 is 23.2 Å². The first-order valence-electron chi connectivity index (χ1n) is 6.13. The molecule has 0 aliphatic carbocycles. The van der Waals surface area contributed by atoms with Gasteiger partial charge < -0.3 is 9.67 Å². The van der Waals surface area contributed by atoms with Crippen molar-refractivity contribution in [1.29, 1.82) is 0 Å². The van der Waals surface area contributed by atoms with Gasteiger partial charge in [-0.3, -0.25) is 0 Å². The zero-order valence-corrected chi connectivity index (χ0v) is 12.3. The SMILES string of the molecule is Cn1c(Cc2cc(Cl)c(O)cc2Cl)nc2ccccc21. The maximum atomic E-state index is 9.52. The molecule has 3 aromatic rings. The van der Waals surface area contributed by atoms with Gasteiger partial charge in [-0.1, -0.05) is 35.3 Å². The number of phenolic OH excluding ortho intramolecular Hbond substituents is 1. The summed E-state index contributed by atoms with van der Waals surface area (Å²) in [7, 11) is 1.97. The van der Waals surface area contributed by atoms with Crippen molar-refractivity contribution in [2.24, 2.45) is 7.05 Å². The van der Waals surface area contributed by atoms with Crippen LogP contribution in [0.4, 0.5) is 0 Å². The molecule has 0 aliphatic rings. The van der Waals surface area contributed by atoms with E-state index in [2.05, 4.69) is 4.98 Å². The second kappa shape index (κ2) is 5.00. The Morgan fingerprint density at radius 3 is 2.65 bits per heavy atom. The molecule has 1 aromatic heterocycles. The molecule has 1 heterocycles. The predicted octanol–water partition coefficient (Wildman–Crippen LogP) is 4.18. The van der Waals surface area contributed by atoms with Crippen LogP contribution in [0.3, 0.4) is 0 Å². The summed E-state index contributed by atoms with van der Waals surface area (Å²) in [5.74, 6) is 0.889. The van der Waals surface area contributed by atoms with Crippen molar-refractivity contribution < 1.29 is 5.11 Å². The molecule has 0 saturated carbocycles. The van der Waals surface area contributed by atoms with Gasteiger partial charge in [-0.25, -0.2) is 4.98 Å². The lowest BCUT2D eigenvalue weighted by Gasteiger charge is -2.07. The summed E-state index contributed by atoms with van der Waals surface area (Å²) in [6, 6.07) is 11.1. The van der Waals surface area contributed by atoms with Crippen molar-refractivity contribution in [1.82, 2.24) is 9.55 Å². The molecule has 0 bridgehead atoms. The van der Waals surface area contributed by atoms with Gasteiger partial charge in [0.05, 0.1) is 16.1 Å². The van der Waals surface area contributed by atoms with E-state index in [0.717, 1.165) is 22.4 Å². The van der Waals surface area contributed by atoms with Crippen LogP contribution in [0.15, 0.2) is 36.4 Å². The van der Waals surface area contributed by atoms with Crippen molar-refractivity contribution in [3.8, 4) is 5.75 Å². The first kappa shape index (κ1) is 13.3. The molecule has 0 aliphatic heterocycles. The van der Waals surface area contributed by atoms with E-state index in [4.69, 9.17) is 23.2 Å². The number of phenols is 1. The molecule has 0 amide bonds. The summed E-state index contributed by atoms with van der Waals surface area (Å²) in [6.45, 7) is 0. The quantitative estimate of drug-likeness (QED) is 0.771. The van der Waals surface area contributed by atoms with Crippen LogP contribution in [0.2, 0.25) is 10.0 Å². The number of aromatic hydroxyl groups is 1. The number of aryl methyl sites for hydroxylation is 1. The largest absolute Gasteiger partial charge is 0.506 e. The average molecular weight is 307 g/mol. The van der Waals surface area contributed by atoms with Gasteiger partial charge in [-0.2, -0.15) is 0 Å². The zero-order chi connectivity index (χ0) is 14.3. The van der Waals surface area contributed by atoms with E-state index in [1.54, 1.807) is 6.07 Å². The molecule has 0 unspecified atom stereocenters. The summed E-state index contributed by atoms with van der Waals surface area (Å²) < 4.78 is 2.03. The summed E-state index contributed by atoms with van der Waals surface area (Å²) in [5, 5.41) is 10.3. The minimum absolute atomic E-state index is 0.00887. The maximum Gasteiger partial charge on any atom is 0.135 e. The number of nitrogens with zero attached hydrogens (tertiary/aromatic N) is 2. The maximum absolute atomic E-state index is 9.52. The van der Waals surface area contributed by atoms with Crippen LogP contribution in [0, 0.1) is 0 Å². The van der Waals surface area contributed by atoms with E-state index in [1.807, 2.05) is 35.9 Å². The van der Waals surface area contributed by atoms with Crippen molar-refractivity contribution in [3.05, 3.63) is 57.8 Å². The molecule has 0 saturated heterocycles. The molecule has 20 heavy (non-hydrogen) atoms. The van der Waals surface area contributed by atoms with E-state index in [9.17, 15) is 5.11 Å². The minimum Gasteiger partial charge on any atom is -0.506 e. The zero-order valence-electron chi connectivity index (χ0n) is 10.8.